The van der Waals surface area contributed by atoms with Crippen LogP contribution >= 0.6 is 11.6 Å². The molecule has 32 heavy (non-hydrogen) atoms. The number of nitrogens with zero attached hydrogens (tertiary/aromatic N) is 3. The first-order valence-electron chi connectivity index (χ1n) is 10.5. The summed E-state index contributed by atoms with van der Waals surface area (Å²) in [5.41, 5.74) is 1.65. The number of nitrogens with one attached hydrogen (secondary N) is 1. The summed E-state index contributed by atoms with van der Waals surface area (Å²) in [7, 11) is 1.56. The van der Waals surface area contributed by atoms with Gasteiger partial charge in [0.1, 0.15) is 11.5 Å². The Labute approximate surface area is 192 Å². The van der Waals surface area contributed by atoms with Crippen LogP contribution < -0.4 is 19.7 Å². The van der Waals surface area contributed by atoms with Crippen molar-refractivity contribution in [3.05, 3.63) is 65.4 Å². The Bertz CT molecular complexity index is 1110. The second kappa shape index (κ2) is 9.87. The molecule has 1 aliphatic heterocycles. The molecule has 1 fully saturated rings. The minimum Gasteiger partial charge on any atom is -0.495 e. The third-order valence-corrected chi connectivity index (χ3v) is 5.75. The summed E-state index contributed by atoms with van der Waals surface area (Å²) in [6.45, 7) is 3.29. The van der Waals surface area contributed by atoms with Crippen LogP contribution in [0.1, 0.15) is 18.4 Å². The number of benzene rings is 2. The Hall–Kier alpha value is -3.32. The van der Waals surface area contributed by atoms with E-state index >= 15 is 0 Å². The number of para-hydroxylation sites is 1. The number of methoxy groups -OCH3 is 1. The van der Waals surface area contributed by atoms with E-state index in [2.05, 4.69) is 20.2 Å². The lowest BCUT2D eigenvalue weighted by molar-refractivity contribution is -0.120. The highest BCUT2D eigenvalue weighted by Gasteiger charge is 2.29. The normalized spacial score (nSPS) is 15.8. The molecular formula is C24H25ClN4O3. The number of hydrogen-bond donors (Lipinski definition) is 1. The standard InChI is InChI=1S/C24H25ClN4O3/c1-16-6-3-4-8-20(16)32-24-22(26-11-12-27-24)29-13-5-7-17(15-29)23(30)28-18-9-10-21(31-2)19(25)14-18/h3-4,6,8-12,14,17H,5,7,13,15H2,1-2H3,(H,28,30)/t17-/m0/s1. The van der Waals surface area contributed by atoms with Gasteiger partial charge < -0.3 is 19.7 Å². The van der Waals surface area contributed by atoms with Crippen LogP contribution in [0.5, 0.6) is 17.4 Å². The van der Waals surface area contributed by atoms with Crippen molar-refractivity contribution >= 4 is 29.0 Å². The zero-order valence-electron chi connectivity index (χ0n) is 18.0. The Morgan fingerprint density at radius 1 is 1.16 bits per heavy atom. The highest BCUT2D eigenvalue weighted by Crippen LogP contribution is 2.33. The molecular weight excluding hydrogens is 428 g/mol. The molecule has 0 radical (unpaired) electrons. The summed E-state index contributed by atoms with van der Waals surface area (Å²) in [6, 6.07) is 13.0. The predicted octanol–water partition coefficient (Wildman–Crippen LogP) is 5.09. The van der Waals surface area contributed by atoms with Gasteiger partial charge in [0.25, 0.3) is 5.88 Å². The maximum Gasteiger partial charge on any atom is 0.263 e. The van der Waals surface area contributed by atoms with E-state index in [4.69, 9.17) is 21.1 Å². The van der Waals surface area contributed by atoms with Gasteiger partial charge >= 0.3 is 0 Å². The van der Waals surface area contributed by atoms with Crippen LogP contribution in [0, 0.1) is 12.8 Å². The van der Waals surface area contributed by atoms with Gasteiger partial charge in [-0.3, -0.25) is 4.79 Å². The molecule has 0 saturated carbocycles. The summed E-state index contributed by atoms with van der Waals surface area (Å²) >= 11 is 6.18. The van der Waals surface area contributed by atoms with E-state index < -0.39 is 0 Å². The number of aryl methyl sites for hydroxylation is 1. The number of amides is 1. The number of ether oxygens (including phenoxy) is 2. The van der Waals surface area contributed by atoms with Gasteiger partial charge in [0.15, 0.2) is 5.82 Å². The van der Waals surface area contributed by atoms with Gasteiger partial charge in [-0.2, -0.15) is 0 Å². The van der Waals surface area contributed by atoms with Gasteiger partial charge in [-0.05, 0) is 49.6 Å². The lowest BCUT2D eigenvalue weighted by atomic mass is 9.97. The molecule has 1 atom stereocenters. The molecule has 1 aliphatic rings. The quantitative estimate of drug-likeness (QED) is 0.561. The summed E-state index contributed by atoms with van der Waals surface area (Å²) in [5, 5.41) is 3.42. The lowest BCUT2D eigenvalue weighted by Gasteiger charge is -2.33. The molecule has 2 heterocycles. The van der Waals surface area contributed by atoms with Crippen LogP contribution in [-0.2, 0) is 4.79 Å². The predicted molar refractivity (Wildman–Crippen MR) is 125 cm³/mol. The second-order valence-electron chi connectivity index (χ2n) is 7.68. The molecule has 0 spiro atoms. The Morgan fingerprint density at radius 3 is 2.75 bits per heavy atom. The molecule has 1 N–H and O–H groups in total. The largest absolute Gasteiger partial charge is 0.495 e. The van der Waals surface area contributed by atoms with E-state index in [1.54, 1.807) is 37.7 Å². The van der Waals surface area contributed by atoms with Crippen LogP contribution in [0.4, 0.5) is 11.5 Å². The number of rotatable bonds is 6. The third-order valence-electron chi connectivity index (χ3n) is 5.46. The molecule has 0 aliphatic carbocycles. The maximum absolute atomic E-state index is 13.0. The SMILES string of the molecule is COc1ccc(NC(=O)[C@H]2CCCN(c3nccnc3Oc3ccccc3C)C2)cc1Cl. The van der Waals surface area contributed by atoms with E-state index in [0.717, 1.165) is 30.7 Å². The van der Waals surface area contributed by atoms with Crippen LogP contribution in [0.15, 0.2) is 54.9 Å². The number of aromatic nitrogens is 2. The van der Waals surface area contributed by atoms with Crippen LogP contribution in [0.25, 0.3) is 0 Å². The highest BCUT2D eigenvalue weighted by molar-refractivity contribution is 6.32. The van der Waals surface area contributed by atoms with Crippen LogP contribution in [-0.4, -0.2) is 36.1 Å². The van der Waals surface area contributed by atoms with Crippen molar-refractivity contribution in [3.63, 3.8) is 0 Å². The average Bonchev–Trinajstić information content (AvgIpc) is 2.81. The van der Waals surface area contributed by atoms with Crippen molar-refractivity contribution in [1.29, 1.82) is 0 Å². The zero-order valence-corrected chi connectivity index (χ0v) is 18.8. The van der Waals surface area contributed by atoms with E-state index in [-0.39, 0.29) is 11.8 Å². The Kier molecular flexibility index (Phi) is 6.75. The summed E-state index contributed by atoms with van der Waals surface area (Å²) in [4.78, 5) is 23.9. The van der Waals surface area contributed by atoms with Gasteiger partial charge in [0.2, 0.25) is 5.91 Å². The lowest BCUT2D eigenvalue weighted by Crippen LogP contribution is -2.41. The van der Waals surface area contributed by atoms with Crippen LogP contribution in [0.2, 0.25) is 5.02 Å². The molecule has 1 aromatic heterocycles. The van der Waals surface area contributed by atoms with Gasteiger partial charge in [-0.25, -0.2) is 9.97 Å². The minimum absolute atomic E-state index is 0.0544. The number of carbonyl (C=O) groups is 1. The summed E-state index contributed by atoms with van der Waals surface area (Å²) in [5.74, 6) is 2.12. The monoisotopic (exact) mass is 452 g/mol. The molecule has 166 valence electrons. The highest BCUT2D eigenvalue weighted by atomic mass is 35.5. The molecule has 0 unspecified atom stereocenters. The third kappa shape index (κ3) is 4.94. The number of carbonyl (C=O) groups excluding carboxylic acids is 1. The van der Waals surface area contributed by atoms with Crippen molar-refractivity contribution < 1.29 is 14.3 Å². The Balaban J connectivity index is 1.48. The molecule has 7 nitrogen and oxygen atoms in total. The van der Waals surface area contributed by atoms with E-state index in [1.807, 2.05) is 31.2 Å². The molecule has 8 heteroatoms. The van der Waals surface area contributed by atoms with E-state index in [0.29, 0.717) is 34.7 Å². The van der Waals surface area contributed by atoms with Gasteiger partial charge in [0, 0.05) is 31.2 Å². The molecule has 4 rings (SSSR count). The minimum atomic E-state index is -0.196. The van der Waals surface area contributed by atoms with Crippen molar-refractivity contribution in [2.24, 2.45) is 5.92 Å². The maximum atomic E-state index is 13.0. The Morgan fingerprint density at radius 2 is 1.97 bits per heavy atom. The first kappa shape index (κ1) is 21.9. The first-order chi connectivity index (χ1) is 15.5. The molecule has 1 amide bonds. The average molecular weight is 453 g/mol. The number of anilines is 2. The first-order valence-corrected chi connectivity index (χ1v) is 10.9. The number of halogens is 1. The van der Waals surface area contributed by atoms with Gasteiger partial charge in [-0.1, -0.05) is 29.8 Å². The van der Waals surface area contributed by atoms with Gasteiger partial charge in [0.05, 0.1) is 18.1 Å². The molecule has 3 aromatic rings. The summed E-state index contributed by atoms with van der Waals surface area (Å²) < 4.78 is 11.2. The topological polar surface area (TPSA) is 76.6 Å². The molecule has 2 aromatic carbocycles. The van der Waals surface area contributed by atoms with E-state index in [1.165, 1.54) is 0 Å². The zero-order chi connectivity index (χ0) is 22.5. The fraction of sp³-hybridized carbons (Fsp3) is 0.292. The fourth-order valence-corrected chi connectivity index (χ4v) is 4.01. The van der Waals surface area contributed by atoms with Crippen molar-refractivity contribution in [2.75, 3.05) is 30.4 Å². The summed E-state index contributed by atoms with van der Waals surface area (Å²) in [6.07, 6.45) is 4.91. The van der Waals surface area contributed by atoms with Crippen LogP contribution in [0.3, 0.4) is 0 Å². The fourth-order valence-electron chi connectivity index (χ4n) is 3.75. The number of hydrogen-bond acceptors (Lipinski definition) is 6. The van der Waals surface area contributed by atoms with Crippen molar-refractivity contribution in [3.8, 4) is 17.4 Å². The van der Waals surface area contributed by atoms with E-state index in [9.17, 15) is 4.79 Å². The smallest absolute Gasteiger partial charge is 0.263 e. The molecule has 0 bridgehead atoms. The van der Waals surface area contributed by atoms with Gasteiger partial charge in [-0.15, -0.1) is 0 Å². The molecule has 1 saturated heterocycles. The van der Waals surface area contributed by atoms with Crippen molar-refractivity contribution in [1.82, 2.24) is 9.97 Å². The second-order valence-corrected chi connectivity index (χ2v) is 8.08. The van der Waals surface area contributed by atoms with Crippen molar-refractivity contribution in [2.45, 2.75) is 19.8 Å². The number of piperidine rings is 1.